The lowest BCUT2D eigenvalue weighted by Crippen LogP contribution is -2.48. The van der Waals surface area contributed by atoms with Crippen LogP contribution in [0.5, 0.6) is 5.75 Å². The summed E-state index contributed by atoms with van der Waals surface area (Å²) < 4.78 is 8.82. The van der Waals surface area contributed by atoms with Crippen molar-refractivity contribution in [3.8, 4) is 23.1 Å². The molecule has 10 heteroatoms. The van der Waals surface area contributed by atoms with Crippen LogP contribution in [0.25, 0.3) is 16.9 Å². The molecule has 9 nitrogen and oxygen atoms in total. The molecule has 0 radical (unpaired) electrons. The number of hydrogen-bond donors (Lipinski definition) is 2. The maximum absolute atomic E-state index is 12.7. The van der Waals surface area contributed by atoms with Crippen molar-refractivity contribution in [2.24, 2.45) is 5.73 Å². The smallest absolute Gasteiger partial charge is 0.317 e. The summed E-state index contributed by atoms with van der Waals surface area (Å²) in [5.74, 6) is -0.623. The largest absolute Gasteiger partial charge is 0.490 e. The number of halogens is 1. The van der Waals surface area contributed by atoms with E-state index in [0.29, 0.717) is 37.4 Å². The normalized spacial score (nSPS) is 14.1. The molecule has 3 amide bonds. The molecule has 0 saturated carbocycles. The number of benzene rings is 2. The third kappa shape index (κ3) is 6.05. The monoisotopic (exact) mass is 614 g/mol. The van der Waals surface area contributed by atoms with Crippen molar-refractivity contribution in [2.75, 3.05) is 19.6 Å². The van der Waals surface area contributed by atoms with Gasteiger partial charge in [-0.1, -0.05) is 24.3 Å². The number of rotatable bonds is 9. The van der Waals surface area contributed by atoms with Crippen molar-refractivity contribution < 1.29 is 14.3 Å². The molecule has 210 valence electrons. The molecule has 2 aromatic carbocycles. The van der Waals surface area contributed by atoms with Gasteiger partial charge in [-0.2, -0.15) is 5.26 Å². The number of nitrogens with two attached hydrogens (primary N) is 1. The number of amides is 3. The summed E-state index contributed by atoms with van der Waals surface area (Å²) in [5.41, 5.74) is 10.5. The first-order valence-corrected chi connectivity index (χ1v) is 14.3. The van der Waals surface area contributed by atoms with Gasteiger partial charge in [0.15, 0.2) is 5.65 Å². The van der Waals surface area contributed by atoms with Gasteiger partial charge >= 0.3 is 6.03 Å². The average Bonchev–Trinajstić information content (AvgIpc) is 3.39. The van der Waals surface area contributed by atoms with Crippen molar-refractivity contribution in [3.05, 3.63) is 87.7 Å². The van der Waals surface area contributed by atoms with Crippen LogP contribution in [0, 0.1) is 11.3 Å². The minimum absolute atomic E-state index is 0.164. The van der Waals surface area contributed by atoms with Crippen molar-refractivity contribution in [2.45, 2.75) is 38.7 Å². The van der Waals surface area contributed by atoms with Gasteiger partial charge in [0.05, 0.1) is 21.8 Å². The highest BCUT2D eigenvalue weighted by molar-refractivity contribution is 9.10. The van der Waals surface area contributed by atoms with Crippen LogP contribution in [0.2, 0.25) is 0 Å². The summed E-state index contributed by atoms with van der Waals surface area (Å²) in [4.78, 5) is 31.8. The standard InChI is InChI=1S/C31H31BrN6O3/c1-19(2)41-27-11-10-23(29(34)39)28(24(27)16-33)22(17-38-14-4-12-35-31(38)40)15-20-6-8-21(9-7-20)26-18-37-13-3-5-25(32)30(37)36-26/h3,5-11,13,18-19,22H,4,12,14-15,17H2,1-2H3,(H2,34,39)(H,35,40). The Labute approximate surface area is 247 Å². The summed E-state index contributed by atoms with van der Waals surface area (Å²) in [6, 6.07) is 17.3. The topological polar surface area (TPSA) is 126 Å². The molecule has 41 heavy (non-hydrogen) atoms. The zero-order valence-electron chi connectivity index (χ0n) is 22.9. The SMILES string of the molecule is CC(C)Oc1ccc(C(N)=O)c(C(Cc2ccc(-c3cn4cccc(Br)c4n3)cc2)CN2CCCNC2=O)c1C#N. The van der Waals surface area contributed by atoms with Gasteiger partial charge in [-0.15, -0.1) is 0 Å². The fourth-order valence-corrected chi connectivity index (χ4v) is 5.74. The van der Waals surface area contributed by atoms with E-state index < -0.39 is 5.91 Å². The first-order valence-electron chi connectivity index (χ1n) is 13.5. The Morgan fingerprint density at radius 1 is 1.22 bits per heavy atom. The van der Waals surface area contributed by atoms with Crippen LogP contribution in [-0.4, -0.2) is 52.0 Å². The number of primary amides is 1. The van der Waals surface area contributed by atoms with E-state index in [1.807, 2.05) is 67.0 Å². The molecule has 3 heterocycles. The van der Waals surface area contributed by atoms with Crippen LogP contribution in [-0.2, 0) is 6.42 Å². The Morgan fingerprint density at radius 2 is 2.00 bits per heavy atom. The number of carbonyl (C=O) groups is 2. The predicted molar refractivity (Wildman–Crippen MR) is 160 cm³/mol. The molecule has 3 N–H and O–H groups in total. The lowest BCUT2D eigenvalue weighted by molar-refractivity contribution is 0.0998. The molecule has 4 aromatic rings. The van der Waals surface area contributed by atoms with E-state index in [2.05, 4.69) is 27.3 Å². The third-order valence-electron chi connectivity index (χ3n) is 7.13. The van der Waals surface area contributed by atoms with Gasteiger partial charge in [0, 0.05) is 49.1 Å². The Bertz CT molecular complexity index is 1640. The third-order valence-corrected chi connectivity index (χ3v) is 7.75. The molecule has 1 saturated heterocycles. The fourth-order valence-electron chi connectivity index (χ4n) is 5.30. The Morgan fingerprint density at radius 3 is 2.66 bits per heavy atom. The minimum Gasteiger partial charge on any atom is -0.490 e. The highest BCUT2D eigenvalue weighted by Crippen LogP contribution is 2.35. The molecule has 2 aromatic heterocycles. The second-order valence-electron chi connectivity index (χ2n) is 10.4. The second-order valence-corrected chi connectivity index (χ2v) is 11.2. The molecule has 0 aliphatic carbocycles. The lowest BCUT2D eigenvalue weighted by Gasteiger charge is -2.32. The van der Waals surface area contributed by atoms with E-state index in [-0.39, 0.29) is 29.2 Å². The highest BCUT2D eigenvalue weighted by atomic mass is 79.9. The second kappa shape index (κ2) is 12.0. The number of aromatic nitrogens is 2. The van der Waals surface area contributed by atoms with Gasteiger partial charge < -0.3 is 25.1 Å². The minimum atomic E-state index is -0.631. The number of nitrogens with one attached hydrogen (secondary N) is 1. The number of ether oxygens (including phenoxy) is 1. The van der Waals surface area contributed by atoms with Crippen LogP contribution < -0.4 is 15.8 Å². The van der Waals surface area contributed by atoms with E-state index in [1.54, 1.807) is 17.0 Å². The van der Waals surface area contributed by atoms with E-state index >= 15 is 0 Å². The van der Waals surface area contributed by atoms with Crippen LogP contribution >= 0.6 is 15.9 Å². The number of imidazole rings is 1. The molecule has 1 unspecified atom stereocenters. The molecule has 1 atom stereocenters. The van der Waals surface area contributed by atoms with Crippen LogP contribution in [0.15, 0.2) is 65.4 Å². The molecule has 0 spiro atoms. The molecule has 0 bridgehead atoms. The zero-order valence-corrected chi connectivity index (χ0v) is 24.5. The van der Waals surface area contributed by atoms with Crippen molar-refractivity contribution in [1.82, 2.24) is 19.6 Å². The summed E-state index contributed by atoms with van der Waals surface area (Å²) in [5, 5.41) is 13.1. The van der Waals surface area contributed by atoms with Gasteiger partial charge in [-0.05, 0) is 78.0 Å². The number of fused-ring (bicyclic) bond motifs is 1. The van der Waals surface area contributed by atoms with Gasteiger partial charge in [0.1, 0.15) is 11.8 Å². The quantitative estimate of drug-likeness (QED) is 0.266. The van der Waals surface area contributed by atoms with E-state index in [4.69, 9.17) is 15.5 Å². The molecule has 1 aliphatic rings. The molecular weight excluding hydrogens is 584 g/mol. The summed E-state index contributed by atoms with van der Waals surface area (Å²) >= 11 is 3.55. The number of hydrogen-bond acceptors (Lipinski definition) is 5. The average molecular weight is 616 g/mol. The predicted octanol–water partition coefficient (Wildman–Crippen LogP) is 5.26. The van der Waals surface area contributed by atoms with E-state index in [0.717, 1.165) is 33.4 Å². The van der Waals surface area contributed by atoms with Gasteiger partial charge in [0.25, 0.3) is 0 Å². The Kier molecular flexibility index (Phi) is 8.26. The Balaban J connectivity index is 1.53. The lowest BCUT2D eigenvalue weighted by atomic mass is 9.84. The van der Waals surface area contributed by atoms with Crippen molar-refractivity contribution in [1.29, 1.82) is 5.26 Å². The number of nitrogens with zero attached hydrogens (tertiary/aromatic N) is 4. The molecule has 1 fully saturated rings. The van der Waals surface area contributed by atoms with E-state index in [1.165, 1.54) is 0 Å². The first-order chi connectivity index (χ1) is 19.7. The van der Waals surface area contributed by atoms with Gasteiger partial charge in [-0.25, -0.2) is 9.78 Å². The van der Waals surface area contributed by atoms with Crippen molar-refractivity contribution in [3.63, 3.8) is 0 Å². The highest BCUT2D eigenvalue weighted by Gasteiger charge is 2.29. The number of pyridine rings is 1. The van der Waals surface area contributed by atoms with Crippen LogP contribution in [0.1, 0.15) is 53.2 Å². The number of carbonyl (C=O) groups excluding carboxylic acids is 2. The zero-order chi connectivity index (χ0) is 29.1. The van der Waals surface area contributed by atoms with Crippen LogP contribution in [0.3, 0.4) is 0 Å². The summed E-state index contributed by atoms with van der Waals surface area (Å²) in [6.45, 7) is 5.27. The van der Waals surface area contributed by atoms with Crippen LogP contribution in [0.4, 0.5) is 4.79 Å². The van der Waals surface area contributed by atoms with E-state index in [9.17, 15) is 14.9 Å². The first kappa shape index (κ1) is 28.2. The Hall–Kier alpha value is -4.36. The summed E-state index contributed by atoms with van der Waals surface area (Å²) in [6.07, 6.45) is 5.04. The molecular formula is C31H31BrN6O3. The number of urea groups is 1. The maximum atomic E-state index is 12.7. The van der Waals surface area contributed by atoms with Gasteiger partial charge in [0.2, 0.25) is 5.91 Å². The maximum Gasteiger partial charge on any atom is 0.317 e. The van der Waals surface area contributed by atoms with Crippen molar-refractivity contribution >= 4 is 33.5 Å². The summed E-state index contributed by atoms with van der Waals surface area (Å²) in [7, 11) is 0. The number of nitriles is 1. The van der Waals surface area contributed by atoms with Gasteiger partial charge in [-0.3, -0.25) is 4.79 Å². The fraction of sp³-hybridized carbons (Fsp3) is 0.290. The molecule has 1 aliphatic heterocycles. The molecule has 5 rings (SSSR count).